The van der Waals surface area contributed by atoms with Gasteiger partial charge in [-0.1, -0.05) is 12.1 Å². The van der Waals surface area contributed by atoms with E-state index in [4.69, 9.17) is 9.97 Å². The van der Waals surface area contributed by atoms with E-state index in [0.717, 1.165) is 49.0 Å². The number of aryl methyl sites for hydroxylation is 1. The third kappa shape index (κ3) is 3.48. The summed E-state index contributed by atoms with van der Waals surface area (Å²) in [6.07, 6.45) is 7.06. The van der Waals surface area contributed by atoms with E-state index in [2.05, 4.69) is 15.9 Å². The second-order valence-corrected chi connectivity index (χ2v) is 8.95. The van der Waals surface area contributed by atoms with E-state index in [9.17, 15) is 9.50 Å². The lowest BCUT2D eigenvalue weighted by Crippen LogP contribution is -2.50. The van der Waals surface area contributed by atoms with Crippen LogP contribution >= 0.6 is 0 Å². The number of aromatic nitrogens is 2. The Bertz CT molecular complexity index is 867. The number of benzene rings is 1. The van der Waals surface area contributed by atoms with Crippen LogP contribution < -0.4 is 9.80 Å². The van der Waals surface area contributed by atoms with Gasteiger partial charge in [0.2, 0.25) is 5.95 Å². The Labute approximate surface area is 171 Å². The molecule has 0 amide bonds. The number of nitrogens with zero attached hydrogens (tertiary/aromatic N) is 4. The van der Waals surface area contributed by atoms with Crippen LogP contribution in [0.3, 0.4) is 0 Å². The Morgan fingerprint density at radius 1 is 1.00 bits per heavy atom. The molecule has 154 valence electrons. The number of rotatable bonds is 3. The van der Waals surface area contributed by atoms with E-state index in [1.807, 2.05) is 6.92 Å². The summed E-state index contributed by atoms with van der Waals surface area (Å²) in [7, 11) is 0. The van der Waals surface area contributed by atoms with E-state index < -0.39 is 5.60 Å². The highest BCUT2D eigenvalue weighted by Crippen LogP contribution is 2.47. The average Bonchev–Trinajstić information content (AvgIpc) is 3.00. The van der Waals surface area contributed by atoms with Crippen molar-refractivity contribution in [3.05, 3.63) is 47.4 Å². The van der Waals surface area contributed by atoms with Crippen molar-refractivity contribution in [1.29, 1.82) is 0 Å². The van der Waals surface area contributed by atoms with Crippen LogP contribution in [0.5, 0.6) is 0 Å². The second-order valence-electron chi connectivity index (χ2n) is 8.95. The molecule has 2 aromatic rings. The summed E-state index contributed by atoms with van der Waals surface area (Å²) in [6, 6.07) is 8.84. The van der Waals surface area contributed by atoms with Gasteiger partial charge in [0.1, 0.15) is 11.6 Å². The maximum atomic E-state index is 13.3. The molecular weight excluding hydrogens is 367 g/mol. The van der Waals surface area contributed by atoms with Crippen molar-refractivity contribution in [3.8, 4) is 0 Å². The fraction of sp³-hybridized carbons (Fsp3) is 0.565. The fourth-order valence-electron chi connectivity index (χ4n) is 5.48. The van der Waals surface area contributed by atoms with Gasteiger partial charge in [-0.3, -0.25) is 0 Å². The maximum absolute atomic E-state index is 13.3. The second kappa shape index (κ2) is 7.24. The van der Waals surface area contributed by atoms with Crippen molar-refractivity contribution in [2.24, 2.45) is 0 Å². The quantitative estimate of drug-likeness (QED) is 0.852. The molecule has 6 heteroatoms. The third-order valence-corrected chi connectivity index (χ3v) is 6.89. The standard InChI is InChI=1S/C23H29FN4O/c1-16-13-21(27-11-3-2-4-12-27)26-22(25-16)28-19-9-10-20(28)15-23(29,14-19)17-5-7-18(24)8-6-17/h5-8,13,19-20,29H,2-4,9-12,14-15H2,1H3. The molecule has 0 aliphatic carbocycles. The Morgan fingerprint density at radius 3 is 2.31 bits per heavy atom. The molecule has 3 fully saturated rings. The monoisotopic (exact) mass is 396 g/mol. The molecule has 29 heavy (non-hydrogen) atoms. The molecule has 2 atom stereocenters. The Balaban J connectivity index is 1.42. The van der Waals surface area contributed by atoms with Gasteiger partial charge >= 0.3 is 0 Å². The summed E-state index contributed by atoms with van der Waals surface area (Å²) in [4.78, 5) is 14.5. The van der Waals surface area contributed by atoms with Crippen molar-refractivity contribution >= 4 is 11.8 Å². The van der Waals surface area contributed by atoms with Crippen LogP contribution in [-0.2, 0) is 5.60 Å². The number of fused-ring (bicyclic) bond motifs is 2. The van der Waals surface area contributed by atoms with Gasteiger partial charge in [0, 0.05) is 49.8 Å². The molecule has 1 aromatic carbocycles. The zero-order valence-corrected chi connectivity index (χ0v) is 17.0. The van der Waals surface area contributed by atoms with Gasteiger partial charge in [0.05, 0.1) is 5.60 Å². The highest BCUT2D eigenvalue weighted by atomic mass is 19.1. The number of aliphatic hydroxyl groups is 1. The van der Waals surface area contributed by atoms with Gasteiger partial charge in [-0.2, -0.15) is 4.98 Å². The molecule has 5 rings (SSSR count). The van der Waals surface area contributed by atoms with E-state index in [-0.39, 0.29) is 17.9 Å². The van der Waals surface area contributed by atoms with E-state index in [0.29, 0.717) is 12.8 Å². The summed E-state index contributed by atoms with van der Waals surface area (Å²) in [5, 5.41) is 11.4. The lowest BCUT2D eigenvalue weighted by molar-refractivity contribution is -0.00341. The van der Waals surface area contributed by atoms with Gasteiger partial charge in [0.25, 0.3) is 0 Å². The summed E-state index contributed by atoms with van der Waals surface area (Å²) >= 11 is 0. The zero-order chi connectivity index (χ0) is 20.0. The van der Waals surface area contributed by atoms with Crippen molar-refractivity contribution in [2.45, 2.75) is 69.6 Å². The number of anilines is 2. The molecule has 5 nitrogen and oxygen atoms in total. The largest absolute Gasteiger partial charge is 0.385 e. The van der Waals surface area contributed by atoms with Crippen LogP contribution in [0, 0.1) is 12.7 Å². The van der Waals surface area contributed by atoms with Crippen LogP contribution in [0.1, 0.15) is 56.2 Å². The highest BCUT2D eigenvalue weighted by molar-refractivity contribution is 5.49. The lowest BCUT2D eigenvalue weighted by Gasteiger charge is -2.44. The highest BCUT2D eigenvalue weighted by Gasteiger charge is 2.49. The zero-order valence-electron chi connectivity index (χ0n) is 17.0. The van der Waals surface area contributed by atoms with Crippen molar-refractivity contribution in [3.63, 3.8) is 0 Å². The predicted molar refractivity (Wildman–Crippen MR) is 112 cm³/mol. The number of hydrogen-bond acceptors (Lipinski definition) is 5. The molecule has 1 aromatic heterocycles. The predicted octanol–water partition coefficient (Wildman–Crippen LogP) is 3.93. The average molecular weight is 397 g/mol. The number of piperidine rings is 2. The number of hydrogen-bond donors (Lipinski definition) is 1. The first-order chi connectivity index (χ1) is 14.0. The van der Waals surface area contributed by atoms with E-state index in [1.165, 1.54) is 31.4 Å². The molecule has 3 aliphatic rings. The summed E-state index contributed by atoms with van der Waals surface area (Å²) in [5.41, 5.74) is 0.902. The van der Waals surface area contributed by atoms with Crippen LogP contribution in [0.25, 0.3) is 0 Å². The molecule has 2 unspecified atom stereocenters. The summed E-state index contributed by atoms with van der Waals surface area (Å²) in [6.45, 7) is 4.17. The summed E-state index contributed by atoms with van der Waals surface area (Å²) in [5.74, 6) is 1.57. The maximum Gasteiger partial charge on any atom is 0.228 e. The molecule has 3 aliphatic heterocycles. The normalized spacial score (nSPS) is 29.3. The van der Waals surface area contributed by atoms with Crippen LogP contribution in [0.4, 0.5) is 16.2 Å². The minimum absolute atomic E-state index is 0.208. The van der Waals surface area contributed by atoms with Crippen LogP contribution in [0.2, 0.25) is 0 Å². The first-order valence-corrected chi connectivity index (χ1v) is 10.9. The minimum atomic E-state index is -0.907. The van der Waals surface area contributed by atoms with E-state index in [1.54, 1.807) is 12.1 Å². The molecule has 2 bridgehead atoms. The Kier molecular flexibility index (Phi) is 4.69. The molecule has 0 radical (unpaired) electrons. The molecule has 3 saturated heterocycles. The van der Waals surface area contributed by atoms with Gasteiger partial charge < -0.3 is 14.9 Å². The van der Waals surface area contributed by atoms with Crippen molar-refractivity contribution < 1.29 is 9.50 Å². The van der Waals surface area contributed by atoms with Crippen molar-refractivity contribution in [1.82, 2.24) is 9.97 Å². The topological polar surface area (TPSA) is 52.5 Å². The first-order valence-electron chi connectivity index (χ1n) is 10.9. The fourth-order valence-corrected chi connectivity index (χ4v) is 5.48. The molecule has 4 heterocycles. The van der Waals surface area contributed by atoms with Gasteiger partial charge in [0.15, 0.2) is 0 Å². The lowest BCUT2D eigenvalue weighted by atomic mass is 9.80. The number of halogens is 1. The van der Waals surface area contributed by atoms with Crippen molar-refractivity contribution in [2.75, 3.05) is 22.9 Å². The molecule has 1 N–H and O–H groups in total. The van der Waals surface area contributed by atoms with Gasteiger partial charge in [-0.25, -0.2) is 9.37 Å². The Hall–Kier alpha value is -2.21. The minimum Gasteiger partial charge on any atom is -0.385 e. The molecule has 0 spiro atoms. The third-order valence-electron chi connectivity index (χ3n) is 6.89. The van der Waals surface area contributed by atoms with E-state index >= 15 is 0 Å². The first kappa shape index (κ1) is 18.8. The molecular formula is C23H29FN4O. The SMILES string of the molecule is Cc1cc(N2CCCCC2)nc(N2C3CCC2CC(O)(c2ccc(F)cc2)C3)n1. The molecule has 0 saturated carbocycles. The smallest absolute Gasteiger partial charge is 0.228 e. The Morgan fingerprint density at radius 2 is 1.66 bits per heavy atom. The van der Waals surface area contributed by atoms with Gasteiger partial charge in [-0.05, 0) is 56.7 Å². The van der Waals surface area contributed by atoms with Crippen LogP contribution in [0.15, 0.2) is 30.3 Å². The van der Waals surface area contributed by atoms with Crippen LogP contribution in [-0.4, -0.2) is 40.2 Å². The summed E-state index contributed by atoms with van der Waals surface area (Å²) < 4.78 is 13.3. The van der Waals surface area contributed by atoms with Gasteiger partial charge in [-0.15, -0.1) is 0 Å².